The molecule has 150 valence electrons. The minimum atomic E-state index is 0.817. The van der Waals surface area contributed by atoms with E-state index >= 15 is 0 Å². The van der Waals surface area contributed by atoms with Gasteiger partial charge in [0.2, 0.25) is 5.95 Å². The van der Waals surface area contributed by atoms with Crippen LogP contribution in [0.4, 0.5) is 23.1 Å². The molecule has 0 atom stereocenters. The van der Waals surface area contributed by atoms with E-state index in [9.17, 15) is 0 Å². The lowest BCUT2D eigenvalue weighted by atomic mass is 10.1. The van der Waals surface area contributed by atoms with E-state index in [1.165, 1.54) is 16.8 Å². The molecule has 0 saturated carbocycles. The second-order valence-electron chi connectivity index (χ2n) is 7.49. The van der Waals surface area contributed by atoms with Gasteiger partial charge in [-0.25, -0.2) is 4.98 Å². The van der Waals surface area contributed by atoms with Gasteiger partial charge in [-0.2, -0.15) is 4.98 Å². The molecule has 0 bridgehead atoms. The zero-order chi connectivity index (χ0) is 20.2. The summed E-state index contributed by atoms with van der Waals surface area (Å²) >= 11 is 0. The lowest BCUT2D eigenvalue weighted by Gasteiger charge is -2.37. The van der Waals surface area contributed by atoms with Crippen LogP contribution < -0.4 is 14.7 Å². The van der Waals surface area contributed by atoms with Crippen molar-refractivity contribution in [2.45, 2.75) is 20.8 Å². The van der Waals surface area contributed by atoms with Crippen molar-refractivity contribution >= 4 is 23.1 Å². The Morgan fingerprint density at radius 1 is 0.862 bits per heavy atom. The maximum Gasteiger partial charge on any atom is 0.227 e. The molecule has 0 aliphatic carbocycles. The molecular weight excluding hydrogens is 358 g/mol. The highest BCUT2D eigenvalue weighted by Gasteiger charge is 2.21. The van der Waals surface area contributed by atoms with E-state index in [0.717, 1.165) is 50.2 Å². The SMILES string of the molecule is CCN(c1ccccc1)c1ccnc(N2CCN(c3cccc(C)c3C)CC2)n1. The van der Waals surface area contributed by atoms with Gasteiger partial charge in [0.15, 0.2) is 0 Å². The van der Waals surface area contributed by atoms with Crippen molar-refractivity contribution in [2.75, 3.05) is 47.4 Å². The summed E-state index contributed by atoms with van der Waals surface area (Å²) in [5.41, 5.74) is 5.22. The summed E-state index contributed by atoms with van der Waals surface area (Å²) in [6.45, 7) is 11.2. The summed E-state index contributed by atoms with van der Waals surface area (Å²) in [5, 5.41) is 0. The average Bonchev–Trinajstić information content (AvgIpc) is 2.77. The molecule has 1 aliphatic rings. The Kier molecular flexibility index (Phi) is 5.65. The van der Waals surface area contributed by atoms with E-state index in [1.54, 1.807) is 0 Å². The molecule has 5 heteroatoms. The number of rotatable bonds is 5. The summed E-state index contributed by atoms with van der Waals surface area (Å²) in [4.78, 5) is 16.5. The molecule has 0 spiro atoms. The molecule has 1 saturated heterocycles. The summed E-state index contributed by atoms with van der Waals surface area (Å²) in [6, 6.07) is 19.0. The largest absolute Gasteiger partial charge is 0.368 e. The van der Waals surface area contributed by atoms with Gasteiger partial charge >= 0.3 is 0 Å². The number of hydrogen-bond acceptors (Lipinski definition) is 5. The third-order valence-electron chi connectivity index (χ3n) is 5.77. The number of piperazine rings is 1. The van der Waals surface area contributed by atoms with Crippen molar-refractivity contribution in [2.24, 2.45) is 0 Å². The van der Waals surface area contributed by atoms with Crippen LogP contribution in [0.2, 0.25) is 0 Å². The van der Waals surface area contributed by atoms with E-state index in [2.05, 4.69) is 82.9 Å². The molecule has 0 N–H and O–H groups in total. The van der Waals surface area contributed by atoms with Crippen molar-refractivity contribution in [3.05, 3.63) is 71.9 Å². The second-order valence-corrected chi connectivity index (χ2v) is 7.49. The first kappa shape index (κ1) is 19.2. The van der Waals surface area contributed by atoms with Gasteiger partial charge in [-0.05, 0) is 56.2 Å². The quantitative estimate of drug-likeness (QED) is 0.640. The summed E-state index contributed by atoms with van der Waals surface area (Å²) < 4.78 is 0. The topological polar surface area (TPSA) is 35.5 Å². The zero-order valence-electron chi connectivity index (χ0n) is 17.5. The first-order valence-electron chi connectivity index (χ1n) is 10.4. The predicted molar refractivity (Wildman–Crippen MR) is 121 cm³/mol. The molecular formula is C24H29N5. The van der Waals surface area contributed by atoms with Crippen LogP contribution in [0.1, 0.15) is 18.1 Å². The maximum atomic E-state index is 4.90. The number of anilines is 4. The van der Waals surface area contributed by atoms with Crippen LogP contribution in [0.15, 0.2) is 60.8 Å². The second kappa shape index (κ2) is 8.52. The molecule has 2 aromatic carbocycles. The van der Waals surface area contributed by atoms with E-state index in [4.69, 9.17) is 4.98 Å². The first-order chi connectivity index (χ1) is 14.2. The molecule has 0 radical (unpaired) electrons. The van der Waals surface area contributed by atoms with Crippen LogP contribution in [0, 0.1) is 13.8 Å². The third kappa shape index (κ3) is 4.04. The number of hydrogen-bond donors (Lipinski definition) is 0. The Balaban J connectivity index is 1.49. The van der Waals surface area contributed by atoms with Gasteiger partial charge in [0.1, 0.15) is 5.82 Å². The fourth-order valence-corrected chi connectivity index (χ4v) is 3.95. The Morgan fingerprint density at radius 3 is 2.31 bits per heavy atom. The fourth-order valence-electron chi connectivity index (χ4n) is 3.95. The van der Waals surface area contributed by atoms with Gasteiger partial charge < -0.3 is 14.7 Å². The van der Waals surface area contributed by atoms with Crippen molar-refractivity contribution in [1.29, 1.82) is 0 Å². The van der Waals surface area contributed by atoms with E-state index in [1.807, 2.05) is 18.3 Å². The Bertz CT molecular complexity index is 948. The monoisotopic (exact) mass is 387 g/mol. The molecule has 1 fully saturated rings. The van der Waals surface area contributed by atoms with Crippen molar-refractivity contribution in [1.82, 2.24) is 9.97 Å². The molecule has 4 rings (SSSR count). The van der Waals surface area contributed by atoms with Crippen molar-refractivity contribution in [3.8, 4) is 0 Å². The summed E-state index contributed by atoms with van der Waals surface area (Å²) in [6.07, 6.45) is 1.88. The molecule has 0 unspecified atom stereocenters. The molecule has 3 aromatic rings. The molecule has 1 aliphatic heterocycles. The summed E-state index contributed by atoms with van der Waals surface area (Å²) in [7, 11) is 0. The van der Waals surface area contributed by atoms with Gasteiger partial charge in [-0.1, -0.05) is 30.3 Å². The molecule has 5 nitrogen and oxygen atoms in total. The smallest absolute Gasteiger partial charge is 0.227 e. The number of para-hydroxylation sites is 1. The van der Waals surface area contributed by atoms with Crippen molar-refractivity contribution < 1.29 is 0 Å². The minimum Gasteiger partial charge on any atom is -0.368 e. The number of aryl methyl sites for hydroxylation is 1. The Hall–Kier alpha value is -3.08. The predicted octanol–water partition coefficient (Wildman–Crippen LogP) is 4.58. The fraction of sp³-hybridized carbons (Fsp3) is 0.333. The normalized spacial score (nSPS) is 14.2. The number of aromatic nitrogens is 2. The summed E-state index contributed by atoms with van der Waals surface area (Å²) in [5.74, 6) is 1.76. The van der Waals surface area contributed by atoms with E-state index in [0.29, 0.717) is 0 Å². The van der Waals surface area contributed by atoms with Crippen LogP contribution in [0.5, 0.6) is 0 Å². The van der Waals surface area contributed by atoms with Crippen LogP contribution >= 0.6 is 0 Å². The van der Waals surface area contributed by atoms with Gasteiger partial charge in [0.05, 0.1) is 0 Å². The van der Waals surface area contributed by atoms with Gasteiger partial charge in [0, 0.05) is 50.3 Å². The third-order valence-corrected chi connectivity index (χ3v) is 5.77. The number of benzene rings is 2. The van der Waals surface area contributed by atoms with E-state index < -0.39 is 0 Å². The maximum absolute atomic E-state index is 4.90. The molecule has 0 amide bonds. The Morgan fingerprint density at radius 2 is 1.59 bits per heavy atom. The van der Waals surface area contributed by atoms with Crippen molar-refractivity contribution in [3.63, 3.8) is 0 Å². The average molecular weight is 388 g/mol. The standard InChI is InChI=1S/C24H29N5/c1-4-29(21-10-6-5-7-11-21)23-13-14-25-24(26-23)28-17-15-27(16-18-28)22-12-8-9-19(2)20(22)3/h5-14H,4,15-18H2,1-3H3. The zero-order valence-corrected chi connectivity index (χ0v) is 17.5. The molecule has 2 heterocycles. The van der Waals surface area contributed by atoms with Crippen LogP contribution in [0.25, 0.3) is 0 Å². The van der Waals surface area contributed by atoms with Crippen LogP contribution in [-0.2, 0) is 0 Å². The van der Waals surface area contributed by atoms with Gasteiger partial charge in [0.25, 0.3) is 0 Å². The minimum absolute atomic E-state index is 0.817. The highest BCUT2D eigenvalue weighted by molar-refractivity contribution is 5.61. The first-order valence-corrected chi connectivity index (χ1v) is 10.4. The Labute approximate surface area is 173 Å². The highest BCUT2D eigenvalue weighted by Crippen LogP contribution is 2.26. The van der Waals surface area contributed by atoms with Crippen LogP contribution in [0.3, 0.4) is 0 Å². The van der Waals surface area contributed by atoms with Gasteiger partial charge in [-0.3, -0.25) is 0 Å². The lowest BCUT2D eigenvalue weighted by Crippen LogP contribution is -2.47. The highest BCUT2D eigenvalue weighted by atomic mass is 15.3. The molecule has 1 aromatic heterocycles. The van der Waals surface area contributed by atoms with E-state index in [-0.39, 0.29) is 0 Å². The van der Waals surface area contributed by atoms with Gasteiger partial charge in [-0.15, -0.1) is 0 Å². The van der Waals surface area contributed by atoms with Crippen LogP contribution in [-0.4, -0.2) is 42.7 Å². The molecule has 29 heavy (non-hydrogen) atoms. The number of nitrogens with zero attached hydrogens (tertiary/aromatic N) is 5. The lowest BCUT2D eigenvalue weighted by molar-refractivity contribution is 0.638.